The average Bonchev–Trinajstić information content (AvgIpc) is 1.71. The molecule has 4 aliphatic carbocycles. The number of terminal acetylenes is 1. The fourth-order valence-electron chi connectivity index (χ4n) is 11.6. The van der Waals surface area contributed by atoms with Crippen molar-refractivity contribution in [3.05, 3.63) is 158 Å². The number of aldehydes is 1. The highest BCUT2D eigenvalue weighted by Gasteiger charge is 2.43. The van der Waals surface area contributed by atoms with E-state index in [-0.39, 0.29) is 65.3 Å². The number of halogens is 1. The van der Waals surface area contributed by atoms with E-state index in [0.29, 0.717) is 124 Å². The number of allylic oxidation sites excluding steroid dienone is 17. The molecule has 4 saturated heterocycles. The van der Waals surface area contributed by atoms with Gasteiger partial charge in [-0.25, -0.2) is 9.59 Å². The molecule has 5 amide bonds. The molecule has 0 aromatic carbocycles. The molecular weight excluding hydrogens is 1470 g/mol. The van der Waals surface area contributed by atoms with Gasteiger partial charge < -0.3 is 67.1 Å². The number of nitrogens with two attached hydrogens (primary N) is 3. The van der Waals surface area contributed by atoms with Gasteiger partial charge in [0.2, 0.25) is 34.8 Å². The third kappa shape index (κ3) is 53.4. The minimum Gasteiger partial charge on any atom is -0.463 e. The van der Waals surface area contributed by atoms with Crippen molar-refractivity contribution in [2.45, 2.75) is 145 Å². The van der Waals surface area contributed by atoms with E-state index in [1.165, 1.54) is 37.3 Å². The Hall–Kier alpha value is -8.31. The zero-order valence-electron chi connectivity index (χ0n) is 71.9. The van der Waals surface area contributed by atoms with Crippen LogP contribution in [0.3, 0.4) is 0 Å². The van der Waals surface area contributed by atoms with E-state index in [2.05, 4.69) is 164 Å². The van der Waals surface area contributed by atoms with Crippen molar-refractivity contribution in [1.82, 2.24) is 26.6 Å². The lowest BCUT2D eigenvalue weighted by atomic mass is 9.73. The summed E-state index contributed by atoms with van der Waals surface area (Å²) in [6.07, 6.45) is 52.8. The second-order valence-corrected chi connectivity index (χ2v) is 28.5. The van der Waals surface area contributed by atoms with Crippen LogP contribution in [0.2, 0.25) is 0 Å². The molecule has 16 atom stereocenters. The molecule has 4 fully saturated rings. The largest absolute Gasteiger partial charge is 0.463 e. The van der Waals surface area contributed by atoms with E-state index in [0.717, 1.165) is 32.5 Å². The van der Waals surface area contributed by atoms with Crippen molar-refractivity contribution >= 4 is 72.2 Å². The number of hydrogen-bond donors (Lipinski definition) is 8. The lowest BCUT2D eigenvalue weighted by Gasteiger charge is -2.29. The Morgan fingerprint density at radius 2 is 0.823 bits per heavy atom. The van der Waals surface area contributed by atoms with E-state index in [1.54, 1.807) is 65.0 Å². The van der Waals surface area contributed by atoms with E-state index < -0.39 is 18.8 Å². The smallest absolute Gasteiger partial charge is 0.334 e. The van der Waals surface area contributed by atoms with Crippen LogP contribution in [0.1, 0.15) is 145 Å². The highest BCUT2D eigenvalue weighted by Crippen LogP contribution is 2.48. The molecule has 8 rings (SSSR count). The van der Waals surface area contributed by atoms with Gasteiger partial charge >= 0.3 is 19.5 Å². The molecule has 4 heterocycles. The van der Waals surface area contributed by atoms with Gasteiger partial charge in [-0.2, -0.15) is 0 Å². The number of nitrogens with one attached hydrogen (secondary N) is 5. The third-order valence-electron chi connectivity index (χ3n) is 18.4. The van der Waals surface area contributed by atoms with Crippen LogP contribution in [0.15, 0.2) is 158 Å². The Balaban J connectivity index is -0.000000382. The minimum atomic E-state index is -3.09. The van der Waals surface area contributed by atoms with Crippen molar-refractivity contribution in [2.24, 2.45) is 112 Å². The molecule has 0 unspecified atom stereocenters. The first-order valence-electron chi connectivity index (χ1n) is 39.6. The van der Waals surface area contributed by atoms with Crippen molar-refractivity contribution < 1.29 is 66.2 Å². The van der Waals surface area contributed by atoms with Gasteiger partial charge in [0, 0.05) is 57.5 Å². The number of fused-ring (bicyclic) bond motifs is 4. The number of esters is 2. The molecule has 22 nitrogen and oxygen atoms in total. The molecule has 0 aromatic rings. The number of amides is 5. The Bertz CT molecular complexity index is 3050. The second-order valence-electron chi connectivity index (χ2n) is 26.0. The van der Waals surface area contributed by atoms with E-state index in [9.17, 15) is 42.9 Å². The Kier molecular flexibility index (Phi) is 74.0. The summed E-state index contributed by atoms with van der Waals surface area (Å²) < 4.78 is 31.3. The normalized spacial score (nSPS) is 25.1. The van der Waals surface area contributed by atoms with Gasteiger partial charge in [-0.05, 0) is 165 Å². The molecular formula is C89H144ClN8O14P. The fourth-order valence-corrected chi connectivity index (χ4v) is 13.1. The summed E-state index contributed by atoms with van der Waals surface area (Å²) in [4.78, 5) is 96.4. The summed E-state index contributed by atoms with van der Waals surface area (Å²) in [6, 6.07) is 0. The first-order chi connectivity index (χ1) is 53.9. The van der Waals surface area contributed by atoms with Crippen LogP contribution < -0.4 is 43.8 Å². The van der Waals surface area contributed by atoms with Crippen molar-refractivity contribution in [3.63, 3.8) is 0 Å². The number of hydrogen-bond acceptors (Lipinski definition) is 17. The molecule has 0 bridgehead atoms. The molecule has 8 aliphatic rings. The van der Waals surface area contributed by atoms with Crippen LogP contribution >= 0.6 is 19.2 Å². The summed E-state index contributed by atoms with van der Waals surface area (Å²) in [5.74, 6) is 15.4. The first-order valence-corrected chi connectivity index (χ1v) is 41.7. The molecule has 4 aliphatic heterocycles. The topological polar surface area (TPSA) is 346 Å². The number of carbonyl (C=O) groups is 9. The van der Waals surface area contributed by atoms with Gasteiger partial charge in [0.05, 0.1) is 69.4 Å². The van der Waals surface area contributed by atoms with Gasteiger partial charge in [-0.1, -0.05) is 215 Å². The van der Waals surface area contributed by atoms with Crippen LogP contribution in [0.4, 0.5) is 0 Å². The number of rotatable bonds is 18. The second kappa shape index (κ2) is 73.8. The molecule has 0 aromatic heterocycles. The maximum Gasteiger partial charge on any atom is 0.334 e. The quantitative estimate of drug-likeness (QED) is 0.00923. The number of ether oxygens (including phenoxy) is 2. The lowest BCUT2D eigenvalue weighted by molar-refractivity contribution is -0.138. The lowest BCUT2D eigenvalue weighted by Crippen LogP contribution is -2.28. The molecule has 0 spiro atoms. The zero-order valence-corrected chi connectivity index (χ0v) is 73.5. The molecule has 113 heavy (non-hydrogen) atoms. The minimum absolute atomic E-state index is 0.0637. The van der Waals surface area contributed by atoms with Gasteiger partial charge in [0.25, 0.3) is 0 Å². The molecule has 11 N–H and O–H groups in total. The Morgan fingerprint density at radius 3 is 1.07 bits per heavy atom. The van der Waals surface area contributed by atoms with Crippen LogP contribution in [0.5, 0.6) is 0 Å². The van der Waals surface area contributed by atoms with Crippen LogP contribution in [-0.2, 0) is 66.2 Å². The molecule has 0 radical (unpaired) electrons. The van der Waals surface area contributed by atoms with Gasteiger partial charge in [0.15, 0.2) is 0 Å². The van der Waals surface area contributed by atoms with E-state index >= 15 is 0 Å². The van der Waals surface area contributed by atoms with E-state index in [4.69, 9.17) is 42.6 Å². The van der Waals surface area contributed by atoms with Gasteiger partial charge in [0.1, 0.15) is 6.29 Å². The van der Waals surface area contributed by atoms with Crippen molar-refractivity contribution in [1.29, 1.82) is 0 Å². The highest BCUT2D eigenvalue weighted by atomic mass is 35.5. The summed E-state index contributed by atoms with van der Waals surface area (Å²) in [6.45, 7) is 48.5. The summed E-state index contributed by atoms with van der Waals surface area (Å²) in [5.41, 5.74) is 14.8. The fraction of sp³-hybridized carbons (Fsp3) is 0.562. The van der Waals surface area contributed by atoms with Crippen LogP contribution in [0, 0.1) is 119 Å². The van der Waals surface area contributed by atoms with Gasteiger partial charge in [-0.3, -0.25) is 33.3 Å². The zero-order chi connectivity index (χ0) is 87.1. The van der Waals surface area contributed by atoms with Crippen molar-refractivity contribution in [3.8, 4) is 24.2 Å². The van der Waals surface area contributed by atoms with E-state index in [1.807, 2.05) is 97.1 Å². The summed E-state index contributed by atoms with van der Waals surface area (Å²) in [5, 5.41) is 13.9. The summed E-state index contributed by atoms with van der Waals surface area (Å²) >= 11 is 4.95. The maximum atomic E-state index is 11.9. The summed E-state index contributed by atoms with van der Waals surface area (Å²) in [7, 11) is -3.09. The van der Waals surface area contributed by atoms with Gasteiger partial charge in [-0.15, -0.1) is 12.3 Å². The molecule has 24 heteroatoms. The van der Waals surface area contributed by atoms with Crippen molar-refractivity contribution in [2.75, 3.05) is 84.9 Å². The predicted octanol–water partition coefficient (Wildman–Crippen LogP) is 13.8. The van der Waals surface area contributed by atoms with Crippen LogP contribution in [-0.4, -0.2) is 138 Å². The predicted molar refractivity (Wildman–Crippen MR) is 466 cm³/mol. The van der Waals surface area contributed by atoms with Crippen LogP contribution in [0.25, 0.3) is 0 Å². The monoisotopic (exact) mass is 1620 g/mol. The Labute approximate surface area is 685 Å². The Morgan fingerprint density at radius 1 is 0.504 bits per heavy atom. The number of carbonyl (C=O) groups excluding carboxylic acids is 9. The third-order valence-corrected chi connectivity index (χ3v) is 20.5. The SMILES string of the molecule is C#CCN.C/C=C/C=C/C(=O)Cl.C/C=C/C=C/C(=O)OCC.C/C=C\CN.C/C=C\CNC(=O)/C=C/C=C/C.CC.CC#CCN.CC=O.CCOC(=O)/C=C/CP(=O)(OCC)OCC.C[C@@H]1[C@@H]2CNC(=O)[C@@H]2C=C[C@H]1C.C[C@@H]1[C@@H]2CNC(=O)[C@@H]2C=C[C@H]1C.C[C@@H]1[C@@H]2CNC(=O)[C@@H]2C=C[C@H]1C.C[C@@H]1[C@@H]2CNC(=O)[C@@H]2C=C[C@H]1C. The average molecular weight is 1620 g/mol. The highest BCUT2D eigenvalue weighted by molar-refractivity contribution is 7.54. The maximum absolute atomic E-state index is 11.9. The molecule has 636 valence electrons. The first kappa shape index (κ1) is 113. The molecule has 0 saturated carbocycles. The standard InChI is InChI=1S/5C10H15NO.C10H19O5P.C8H12O2.C6H7ClO.C4H9N.C4H7N.C3H5N.C2H4O.C2H6/c4*1-6-3-4-8-9(7(6)2)5-11-10(8)12;1-3-5-7-8-10(12)11-9-6-4-2;1-4-13-10(11)8-7-9-16(12,14-5-2)15-6-3;1-3-5-6-7-8(9)10-4-2;1-2-3-4-5-6(7)8;2*1-2-3-4-5;1-2-3-4;1-2-3;1-2/h4*3-4,6-9H,5H2,1-2H3,(H,11,12);3-8H,9H2,1-2H3,(H,11,12);7-8H,4-6,9H2,1-3H3;3,5-7H,4H2,1-2H3;2-5H,1H3;2-3H,4-5H2,1H3;4-5H2,1H3;1H,3-4H2;2H,1H3;1-2H3/b;;;;5-3+,6-4-,8-7+;8-7+;5-3+,7-6+;3-2+,5-4+;3-2-;;;;/t4*6-,7+,8-,9+;;;;;;;;;/m1111........./s1.